The van der Waals surface area contributed by atoms with Gasteiger partial charge < -0.3 is 10.3 Å². The molecule has 0 unspecified atom stereocenters. The number of carbonyl (C=O) groups is 2. The largest absolute Gasteiger partial charge is 0.460 e. The molecular weight excluding hydrogens is 196 g/mol. The van der Waals surface area contributed by atoms with Crippen LogP contribution in [0.25, 0.3) is 5.53 Å². The summed E-state index contributed by atoms with van der Waals surface area (Å²) in [6, 6.07) is 8.02. The van der Waals surface area contributed by atoms with Gasteiger partial charge in [0.2, 0.25) is 0 Å². The number of ketones is 1. The molecule has 0 N–H and O–H groups in total. The van der Waals surface area contributed by atoms with E-state index in [2.05, 4.69) is 9.53 Å². The Bertz CT molecular complexity index is 433. The second-order valence-corrected chi connectivity index (χ2v) is 2.64. The molecule has 0 spiro atoms. The Labute approximate surface area is 85.9 Å². The number of esters is 1. The molecule has 0 amide bonds. The summed E-state index contributed by atoms with van der Waals surface area (Å²) >= 11 is 0. The van der Waals surface area contributed by atoms with Crippen molar-refractivity contribution in [1.82, 2.24) is 0 Å². The van der Waals surface area contributed by atoms with Crippen molar-refractivity contribution in [3.05, 3.63) is 41.4 Å². The van der Waals surface area contributed by atoms with Crippen molar-refractivity contribution in [3.8, 4) is 0 Å². The van der Waals surface area contributed by atoms with Crippen molar-refractivity contribution < 1.29 is 19.1 Å². The normalized spacial score (nSPS) is 8.87. The Kier molecular flexibility index (Phi) is 3.49. The van der Waals surface area contributed by atoms with Gasteiger partial charge in [0, 0.05) is 5.56 Å². The lowest BCUT2D eigenvalue weighted by molar-refractivity contribution is -0.137. The van der Waals surface area contributed by atoms with Crippen molar-refractivity contribution in [2.24, 2.45) is 0 Å². The summed E-state index contributed by atoms with van der Waals surface area (Å²) < 4.78 is 4.30. The van der Waals surface area contributed by atoms with Gasteiger partial charge in [-0.3, -0.25) is 4.79 Å². The minimum atomic E-state index is -0.966. The average Bonchev–Trinajstić information content (AvgIpc) is 2.30. The van der Waals surface area contributed by atoms with Gasteiger partial charge in [-0.1, -0.05) is 30.3 Å². The van der Waals surface area contributed by atoms with Crippen LogP contribution in [0.1, 0.15) is 10.4 Å². The summed E-state index contributed by atoms with van der Waals surface area (Å²) in [5.74, 6) is -1.64. The molecule has 0 aliphatic rings. The SMILES string of the molecule is COC(=O)C(=[N+]=[N-])C(=O)c1ccccc1. The van der Waals surface area contributed by atoms with Crippen LogP contribution in [0.2, 0.25) is 0 Å². The van der Waals surface area contributed by atoms with E-state index < -0.39 is 17.5 Å². The number of rotatable bonds is 3. The molecule has 76 valence electrons. The molecule has 1 aromatic carbocycles. The zero-order valence-electron chi connectivity index (χ0n) is 8.01. The van der Waals surface area contributed by atoms with Gasteiger partial charge in [-0.15, -0.1) is 0 Å². The fourth-order valence-corrected chi connectivity index (χ4v) is 1.00. The van der Waals surface area contributed by atoms with Gasteiger partial charge in [-0.2, -0.15) is 4.79 Å². The van der Waals surface area contributed by atoms with Crippen LogP contribution in [-0.2, 0) is 9.53 Å². The first-order chi connectivity index (χ1) is 7.20. The van der Waals surface area contributed by atoms with E-state index in [4.69, 9.17) is 5.53 Å². The van der Waals surface area contributed by atoms with E-state index in [-0.39, 0.29) is 5.56 Å². The molecule has 0 bridgehead atoms. The lowest BCUT2D eigenvalue weighted by Gasteiger charge is -1.94. The molecule has 0 aliphatic carbocycles. The maximum absolute atomic E-state index is 11.6. The van der Waals surface area contributed by atoms with Crippen molar-refractivity contribution in [3.63, 3.8) is 0 Å². The van der Waals surface area contributed by atoms with Crippen LogP contribution in [0.4, 0.5) is 0 Å². The van der Waals surface area contributed by atoms with Gasteiger partial charge in [-0.05, 0) is 0 Å². The first-order valence-electron chi connectivity index (χ1n) is 4.10. The smallest absolute Gasteiger partial charge is 0.446 e. The van der Waals surface area contributed by atoms with Gasteiger partial charge in [-0.25, -0.2) is 4.79 Å². The van der Waals surface area contributed by atoms with Crippen LogP contribution in [0.5, 0.6) is 0 Å². The summed E-state index contributed by atoms with van der Waals surface area (Å²) in [7, 11) is 1.10. The minimum Gasteiger partial charge on any atom is -0.460 e. The van der Waals surface area contributed by atoms with E-state index in [0.29, 0.717) is 0 Å². The zero-order chi connectivity index (χ0) is 11.3. The highest BCUT2D eigenvalue weighted by atomic mass is 16.5. The summed E-state index contributed by atoms with van der Waals surface area (Å²) in [6.45, 7) is 0. The Morgan fingerprint density at radius 3 is 2.33 bits per heavy atom. The molecule has 1 aromatic rings. The van der Waals surface area contributed by atoms with Crippen molar-refractivity contribution in [2.75, 3.05) is 7.11 Å². The van der Waals surface area contributed by atoms with Crippen LogP contribution in [0, 0.1) is 0 Å². The Morgan fingerprint density at radius 1 is 1.27 bits per heavy atom. The molecule has 1 rings (SSSR count). The molecule has 15 heavy (non-hydrogen) atoms. The van der Waals surface area contributed by atoms with Crippen molar-refractivity contribution in [1.29, 1.82) is 0 Å². The summed E-state index contributed by atoms with van der Waals surface area (Å²) in [4.78, 5) is 25.2. The van der Waals surface area contributed by atoms with E-state index in [1.165, 1.54) is 12.1 Å². The number of carbonyl (C=O) groups excluding carboxylic acids is 2. The van der Waals surface area contributed by atoms with Gasteiger partial charge in [0.1, 0.15) is 0 Å². The lowest BCUT2D eigenvalue weighted by Crippen LogP contribution is -2.26. The maximum atomic E-state index is 11.6. The zero-order valence-corrected chi connectivity index (χ0v) is 8.01. The van der Waals surface area contributed by atoms with Gasteiger partial charge >= 0.3 is 11.7 Å². The highest BCUT2D eigenvalue weighted by Crippen LogP contribution is 2.01. The highest BCUT2D eigenvalue weighted by Gasteiger charge is 2.31. The molecule has 0 radical (unpaired) electrons. The molecule has 0 fully saturated rings. The topological polar surface area (TPSA) is 79.8 Å². The third kappa shape index (κ3) is 2.36. The summed E-state index contributed by atoms with van der Waals surface area (Å²) in [5, 5.41) is 0. The highest BCUT2D eigenvalue weighted by molar-refractivity contribution is 6.65. The van der Waals surface area contributed by atoms with Gasteiger partial charge in [0.05, 0.1) is 7.11 Å². The van der Waals surface area contributed by atoms with Crippen molar-refractivity contribution >= 4 is 17.5 Å². The second kappa shape index (κ2) is 4.83. The van der Waals surface area contributed by atoms with Crippen molar-refractivity contribution in [2.45, 2.75) is 0 Å². The average molecular weight is 204 g/mol. The molecule has 0 aliphatic heterocycles. The van der Waals surface area contributed by atoms with Crippen LogP contribution in [0.3, 0.4) is 0 Å². The maximum Gasteiger partial charge on any atom is 0.446 e. The van der Waals surface area contributed by atoms with Gasteiger partial charge in [0.25, 0.3) is 5.78 Å². The Hall–Kier alpha value is -2.26. The molecule has 0 aromatic heterocycles. The van der Waals surface area contributed by atoms with Crippen LogP contribution >= 0.6 is 0 Å². The minimum absolute atomic E-state index is 0.260. The third-order valence-electron chi connectivity index (χ3n) is 1.73. The van der Waals surface area contributed by atoms with Gasteiger partial charge in [0.15, 0.2) is 0 Å². The van der Waals surface area contributed by atoms with Crippen LogP contribution in [-0.4, -0.2) is 29.4 Å². The summed E-state index contributed by atoms with van der Waals surface area (Å²) in [6.07, 6.45) is 0. The fraction of sp³-hybridized carbons (Fsp3) is 0.100. The number of benzene rings is 1. The molecule has 0 saturated carbocycles. The Morgan fingerprint density at radius 2 is 1.87 bits per heavy atom. The quantitative estimate of drug-likeness (QED) is 0.181. The predicted molar refractivity (Wildman–Crippen MR) is 51.4 cm³/mol. The van der Waals surface area contributed by atoms with E-state index in [9.17, 15) is 9.59 Å². The van der Waals surface area contributed by atoms with E-state index in [0.717, 1.165) is 7.11 Å². The molecule has 0 saturated heterocycles. The standard InChI is InChI=1S/C10H8N2O3/c1-15-10(14)8(12-11)9(13)7-5-3-2-4-6-7/h2-6H,1H3. The van der Waals surface area contributed by atoms with E-state index >= 15 is 0 Å². The third-order valence-corrected chi connectivity index (χ3v) is 1.73. The Balaban J connectivity index is 3.05. The first-order valence-corrected chi connectivity index (χ1v) is 4.10. The molecule has 5 heteroatoms. The first kappa shape index (κ1) is 10.8. The second-order valence-electron chi connectivity index (χ2n) is 2.64. The summed E-state index contributed by atoms with van der Waals surface area (Å²) in [5.41, 5.74) is 8.15. The van der Waals surface area contributed by atoms with E-state index in [1.807, 2.05) is 0 Å². The molecule has 5 nitrogen and oxygen atoms in total. The number of ether oxygens (including phenoxy) is 1. The number of methoxy groups -OCH3 is 1. The van der Waals surface area contributed by atoms with E-state index in [1.54, 1.807) is 18.2 Å². The molecule has 0 atom stereocenters. The monoisotopic (exact) mass is 204 g/mol. The molecular formula is C10H8N2O3. The number of hydrogen-bond donors (Lipinski definition) is 0. The number of nitrogens with zero attached hydrogens (tertiary/aromatic N) is 2. The molecule has 0 heterocycles. The van der Waals surface area contributed by atoms with Crippen LogP contribution < -0.4 is 0 Å². The predicted octanol–water partition coefficient (Wildman–Crippen LogP) is 0.713. The number of hydrogen-bond acceptors (Lipinski definition) is 3. The number of Topliss-reactive ketones (excluding diaryl/α,β-unsaturated/α-hetero) is 1. The lowest BCUT2D eigenvalue weighted by atomic mass is 10.1. The van der Waals surface area contributed by atoms with Crippen LogP contribution in [0.15, 0.2) is 30.3 Å². The fourth-order valence-electron chi connectivity index (χ4n) is 1.00.